The number of carbonyl (C=O) groups excluding carboxylic acids is 1. The number of amides is 1. The number of nitrogens with zero attached hydrogens (tertiary/aromatic N) is 1. The molecule has 0 fully saturated rings. The van der Waals surface area contributed by atoms with Crippen molar-refractivity contribution >= 4 is 43.5 Å². The zero-order chi connectivity index (χ0) is 22.0. The fourth-order valence-electron chi connectivity index (χ4n) is 3.72. The molecule has 0 atom stereocenters. The van der Waals surface area contributed by atoms with Crippen molar-refractivity contribution in [3.8, 4) is 0 Å². The Morgan fingerprint density at radius 3 is 2.17 bits per heavy atom. The Kier molecular flexibility index (Phi) is 6.98. The first kappa shape index (κ1) is 22.5. The van der Waals surface area contributed by atoms with E-state index in [4.69, 9.17) is 0 Å². The van der Waals surface area contributed by atoms with Gasteiger partial charge in [0.15, 0.2) is 0 Å². The van der Waals surface area contributed by atoms with Crippen molar-refractivity contribution < 1.29 is 4.79 Å². The third kappa shape index (κ3) is 4.60. The normalized spacial score (nSPS) is 10.9. The molecule has 0 saturated carbocycles. The molecule has 0 radical (unpaired) electrons. The second-order valence-corrected chi connectivity index (χ2v) is 9.15. The Morgan fingerprint density at radius 2 is 1.57 bits per heavy atom. The van der Waals surface area contributed by atoms with Gasteiger partial charge in [0.2, 0.25) is 5.43 Å². The summed E-state index contributed by atoms with van der Waals surface area (Å²) in [6.45, 7) is 8.28. The van der Waals surface area contributed by atoms with Crippen LogP contribution in [0.3, 0.4) is 0 Å². The van der Waals surface area contributed by atoms with Gasteiger partial charge in [0.1, 0.15) is 5.56 Å². The van der Waals surface area contributed by atoms with Crippen LogP contribution in [0.25, 0.3) is 0 Å². The average molecular weight is 532 g/mol. The van der Waals surface area contributed by atoms with Crippen molar-refractivity contribution in [2.75, 3.05) is 5.32 Å². The second kappa shape index (κ2) is 9.31. The van der Waals surface area contributed by atoms with Crippen LogP contribution in [0.4, 0.5) is 5.69 Å². The van der Waals surface area contributed by atoms with E-state index in [1.807, 2.05) is 62.6 Å². The van der Waals surface area contributed by atoms with E-state index in [1.165, 1.54) is 5.56 Å². The van der Waals surface area contributed by atoms with Gasteiger partial charge in [0.25, 0.3) is 5.91 Å². The van der Waals surface area contributed by atoms with Gasteiger partial charge in [0.05, 0.1) is 4.47 Å². The number of aromatic nitrogens is 1. The first-order valence-corrected chi connectivity index (χ1v) is 11.3. The van der Waals surface area contributed by atoms with Crippen LogP contribution in [0.5, 0.6) is 0 Å². The van der Waals surface area contributed by atoms with Gasteiger partial charge in [-0.3, -0.25) is 9.59 Å². The highest BCUT2D eigenvalue weighted by molar-refractivity contribution is 9.10. The number of aryl methyl sites for hydroxylation is 3. The number of pyridine rings is 1. The van der Waals surface area contributed by atoms with Crippen molar-refractivity contribution in [3.63, 3.8) is 0 Å². The van der Waals surface area contributed by atoms with Crippen LogP contribution in [-0.4, -0.2) is 10.5 Å². The van der Waals surface area contributed by atoms with Gasteiger partial charge in [-0.2, -0.15) is 0 Å². The molecule has 1 N–H and O–H groups in total. The third-order valence-electron chi connectivity index (χ3n) is 5.35. The van der Waals surface area contributed by atoms with Crippen molar-refractivity contribution in [3.05, 3.63) is 95.3 Å². The topological polar surface area (TPSA) is 51.1 Å². The Balaban J connectivity index is 1.99. The lowest BCUT2D eigenvalue weighted by molar-refractivity contribution is 0.102. The minimum absolute atomic E-state index is 0.169. The summed E-state index contributed by atoms with van der Waals surface area (Å²) in [7, 11) is 0. The molecule has 1 heterocycles. The van der Waals surface area contributed by atoms with E-state index >= 15 is 0 Å². The third-order valence-corrected chi connectivity index (χ3v) is 6.74. The molecule has 30 heavy (non-hydrogen) atoms. The number of nitrogens with one attached hydrogen (secondary N) is 1. The molecule has 3 aromatic rings. The summed E-state index contributed by atoms with van der Waals surface area (Å²) in [5.74, 6) is -0.389. The molecule has 0 bridgehead atoms. The van der Waals surface area contributed by atoms with Gasteiger partial charge in [-0.15, -0.1) is 0 Å². The van der Waals surface area contributed by atoms with Crippen molar-refractivity contribution in [2.45, 2.75) is 40.7 Å². The Labute approximate surface area is 193 Å². The van der Waals surface area contributed by atoms with Crippen LogP contribution >= 0.6 is 31.9 Å². The minimum Gasteiger partial charge on any atom is -0.347 e. The fourth-order valence-corrected chi connectivity index (χ4v) is 4.81. The van der Waals surface area contributed by atoms with Crippen LogP contribution in [0, 0.1) is 27.7 Å². The lowest BCUT2D eigenvalue weighted by Gasteiger charge is -2.20. The number of hydrogen-bond donors (Lipinski definition) is 1. The number of benzene rings is 2. The molecular weight excluding hydrogens is 508 g/mol. The molecule has 0 aliphatic rings. The van der Waals surface area contributed by atoms with Crippen LogP contribution in [0.1, 0.15) is 38.4 Å². The molecule has 4 nitrogen and oxygen atoms in total. The van der Waals surface area contributed by atoms with E-state index in [-0.39, 0.29) is 16.9 Å². The van der Waals surface area contributed by atoms with Crippen molar-refractivity contribution in [2.24, 2.45) is 0 Å². The zero-order valence-corrected chi connectivity index (χ0v) is 20.6. The predicted octanol–water partition coefficient (Wildman–Crippen LogP) is 6.10. The van der Waals surface area contributed by atoms with Crippen LogP contribution in [0.15, 0.2) is 56.2 Å². The zero-order valence-electron chi connectivity index (χ0n) is 17.5. The molecular formula is C24H24Br2N2O2. The van der Waals surface area contributed by atoms with Crippen molar-refractivity contribution in [1.29, 1.82) is 0 Å². The molecule has 0 aliphatic carbocycles. The van der Waals surface area contributed by atoms with Crippen LogP contribution in [-0.2, 0) is 13.0 Å². The number of halogens is 2. The SMILES string of the molecule is Cc1cc(Br)cc(C)c1NC(=O)c1c(C)n(CCc2ccccc2)c(C)c(Br)c1=O. The monoisotopic (exact) mass is 530 g/mol. The highest BCUT2D eigenvalue weighted by Crippen LogP contribution is 2.26. The van der Waals surface area contributed by atoms with Gasteiger partial charge >= 0.3 is 0 Å². The number of carbonyl (C=O) groups is 1. The van der Waals surface area contributed by atoms with Gasteiger partial charge in [-0.25, -0.2) is 0 Å². The van der Waals surface area contributed by atoms with E-state index in [0.29, 0.717) is 16.7 Å². The maximum absolute atomic E-state index is 13.2. The quantitative estimate of drug-likeness (QED) is 0.432. The summed E-state index contributed by atoms with van der Waals surface area (Å²) in [5.41, 5.74) is 5.18. The summed E-state index contributed by atoms with van der Waals surface area (Å²) in [6, 6.07) is 14.1. The van der Waals surface area contributed by atoms with Crippen molar-refractivity contribution in [1.82, 2.24) is 4.57 Å². The molecule has 0 saturated heterocycles. The second-order valence-electron chi connectivity index (χ2n) is 7.44. The largest absolute Gasteiger partial charge is 0.347 e. The molecule has 156 valence electrons. The molecule has 1 aromatic heterocycles. The molecule has 6 heteroatoms. The molecule has 0 aliphatic heterocycles. The van der Waals surface area contributed by atoms with Crippen LogP contribution in [0.2, 0.25) is 0 Å². The Morgan fingerprint density at radius 1 is 0.967 bits per heavy atom. The molecule has 3 rings (SSSR count). The molecule has 2 aromatic carbocycles. The maximum Gasteiger partial charge on any atom is 0.261 e. The average Bonchev–Trinajstić information content (AvgIpc) is 2.70. The minimum atomic E-state index is -0.389. The summed E-state index contributed by atoms with van der Waals surface area (Å²) in [5, 5.41) is 2.96. The molecule has 0 unspecified atom stereocenters. The summed E-state index contributed by atoms with van der Waals surface area (Å²) >= 11 is 6.89. The van der Waals surface area contributed by atoms with E-state index in [0.717, 1.165) is 33.4 Å². The van der Waals surface area contributed by atoms with Gasteiger partial charge in [-0.05, 0) is 78.9 Å². The molecule has 0 spiro atoms. The standard InChI is InChI=1S/C24H24Br2N2O2/c1-14-12-19(25)13-15(2)22(14)27-24(30)20-16(3)28(17(4)21(26)23(20)29)11-10-18-8-6-5-7-9-18/h5-9,12-13H,10-11H2,1-4H3,(H,27,30). The van der Waals surface area contributed by atoms with Gasteiger partial charge < -0.3 is 9.88 Å². The number of rotatable bonds is 5. The molecule has 1 amide bonds. The Hall–Kier alpha value is -2.18. The van der Waals surface area contributed by atoms with Crippen LogP contribution < -0.4 is 10.7 Å². The highest BCUT2D eigenvalue weighted by Gasteiger charge is 2.22. The summed E-state index contributed by atoms with van der Waals surface area (Å²) in [6.07, 6.45) is 0.809. The highest BCUT2D eigenvalue weighted by atomic mass is 79.9. The lowest BCUT2D eigenvalue weighted by atomic mass is 10.1. The predicted molar refractivity (Wildman–Crippen MR) is 130 cm³/mol. The van der Waals surface area contributed by atoms with E-state index in [1.54, 1.807) is 0 Å². The number of anilines is 1. The number of hydrogen-bond acceptors (Lipinski definition) is 2. The first-order valence-electron chi connectivity index (χ1n) is 9.72. The Bertz CT molecular complexity index is 1150. The van der Waals surface area contributed by atoms with Gasteiger partial charge in [0, 0.05) is 28.1 Å². The fraction of sp³-hybridized carbons (Fsp3) is 0.250. The summed E-state index contributed by atoms with van der Waals surface area (Å²) < 4.78 is 3.41. The first-order chi connectivity index (χ1) is 14.2. The van der Waals surface area contributed by atoms with E-state index in [9.17, 15) is 9.59 Å². The summed E-state index contributed by atoms with van der Waals surface area (Å²) in [4.78, 5) is 26.1. The lowest BCUT2D eigenvalue weighted by Crippen LogP contribution is -2.29. The maximum atomic E-state index is 13.2. The van der Waals surface area contributed by atoms with E-state index in [2.05, 4.69) is 49.3 Å². The van der Waals surface area contributed by atoms with Gasteiger partial charge in [-0.1, -0.05) is 46.3 Å². The van der Waals surface area contributed by atoms with E-state index < -0.39 is 0 Å². The smallest absolute Gasteiger partial charge is 0.261 e.